The fraction of sp³-hybridized carbons (Fsp3) is 0.250. The third-order valence-electron chi connectivity index (χ3n) is 2.63. The van der Waals surface area contributed by atoms with E-state index in [4.69, 9.17) is 38.6 Å². The van der Waals surface area contributed by atoms with E-state index in [0.717, 1.165) is 0 Å². The molecule has 12 nitrogen and oxygen atoms in total. The van der Waals surface area contributed by atoms with Crippen molar-refractivity contribution in [3.63, 3.8) is 0 Å². The first-order chi connectivity index (χ1) is 11.6. The Morgan fingerprint density at radius 1 is 0.880 bits per heavy atom. The van der Waals surface area contributed by atoms with Crippen molar-refractivity contribution in [3.8, 4) is 0 Å². The van der Waals surface area contributed by atoms with Gasteiger partial charge in [0.15, 0.2) is 17.9 Å². The van der Waals surface area contributed by atoms with Gasteiger partial charge in [0.1, 0.15) is 0 Å². The van der Waals surface area contributed by atoms with Gasteiger partial charge in [-0.2, -0.15) is 8.42 Å². The van der Waals surface area contributed by atoms with Crippen LogP contribution >= 0.6 is 0 Å². The van der Waals surface area contributed by atoms with Crippen LogP contribution in [0.5, 0.6) is 0 Å². The summed E-state index contributed by atoms with van der Waals surface area (Å²) in [5.74, 6) is -3.09. The smallest absolute Gasteiger partial charge is 0.296 e. The van der Waals surface area contributed by atoms with Gasteiger partial charge in [0.25, 0.3) is 15.9 Å². The molecule has 12 N–H and O–H groups in total. The Morgan fingerprint density at radius 3 is 1.72 bits per heavy atom. The summed E-state index contributed by atoms with van der Waals surface area (Å²) >= 11 is 0. The molecule has 1 aromatic carbocycles. The van der Waals surface area contributed by atoms with Crippen LogP contribution in [-0.4, -0.2) is 38.7 Å². The van der Waals surface area contributed by atoms with Crippen molar-refractivity contribution in [2.45, 2.75) is 17.1 Å². The standard InChI is InChI=1S/C12H21N9O3S/c13-9(14)19-12(20-10(15)16,21-11(17)18)6-7-24-25(22,23)8-4-2-1-3-5-8/h1-5H,6-7H2,(H4,13,14,19)(H4,15,16,20)(H4,17,18,21). The van der Waals surface area contributed by atoms with Gasteiger partial charge in [0.2, 0.25) is 0 Å². The Hall–Kier alpha value is -3.06. The second-order valence-corrected chi connectivity index (χ2v) is 6.34. The van der Waals surface area contributed by atoms with Gasteiger partial charge in [-0.05, 0) is 12.1 Å². The van der Waals surface area contributed by atoms with E-state index in [1.165, 1.54) is 12.1 Å². The average Bonchev–Trinajstić information content (AvgIpc) is 2.45. The van der Waals surface area contributed by atoms with Gasteiger partial charge in [-0.15, -0.1) is 0 Å². The van der Waals surface area contributed by atoms with Gasteiger partial charge in [0, 0.05) is 6.42 Å². The molecule has 0 saturated carbocycles. The lowest BCUT2D eigenvalue weighted by Crippen LogP contribution is -2.39. The number of nitrogens with zero attached hydrogens (tertiary/aromatic N) is 3. The minimum atomic E-state index is -4.00. The van der Waals surface area contributed by atoms with Crippen LogP contribution in [0.2, 0.25) is 0 Å². The van der Waals surface area contributed by atoms with Crippen molar-refractivity contribution in [1.29, 1.82) is 0 Å². The highest BCUT2D eigenvalue weighted by atomic mass is 32.2. The van der Waals surface area contributed by atoms with Gasteiger partial charge in [-0.25, -0.2) is 15.0 Å². The minimum Gasteiger partial charge on any atom is -0.370 e. The Kier molecular flexibility index (Phi) is 6.52. The van der Waals surface area contributed by atoms with E-state index >= 15 is 0 Å². The predicted molar refractivity (Wildman–Crippen MR) is 94.4 cm³/mol. The molecular weight excluding hydrogens is 350 g/mol. The summed E-state index contributed by atoms with van der Waals surface area (Å²) in [6.07, 6.45) is -0.257. The number of hydrogen-bond donors (Lipinski definition) is 6. The maximum Gasteiger partial charge on any atom is 0.296 e. The van der Waals surface area contributed by atoms with Crippen molar-refractivity contribution >= 4 is 28.0 Å². The summed E-state index contributed by atoms with van der Waals surface area (Å²) in [6, 6.07) is 7.53. The fourth-order valence-electron chi connectivity index (χ4n) is 1.81. The molecule has 1 aromatic rings. The van der Waals surface area contributed by atoms with Gasteiger partial charge in [-0.3, -0.25) is 4.18 Å². The zero-order valence-electron chi connectivity index (χ0n) is 13.2. The maximum absolute atomic E-state index is 12.1. The van der Waals surface area contributed by atoms with Gasteiger partial charge in [0.05, 0.1) is 11.5 Å². The Morgan fingerprint density at radius 2 is 1.32 bits per heavy atom. The molecule has 13 heteroatoms. The van der Waals surface area contributed by atoms with Crippen molar-refractivity contribution in [1.82, 2.24) is 0 Å². The first kappa shape index (κ1) is 20.0. The van der Waals surface area contributed by atoms with Crippen molar-refractivity contribution < 1.29 is 12.6 Å². The molecule has 0 aliphatic carbocycles. The molecule has 0 atom stereocenters. The summed E-state index contributed by atoms with van der Waals surface area (Å²) in [7, 11) is -4.00. The number of hydrogen-bond acceptors (Lipinski definition) is 6. The predicted octanol–water partition coefficient (Wildman–Crippen LogP) is -2.74. The van der Waals surface area contributed by atoms with Crippen molar-refractivity contribution in [2.75, 3.05) is 6.61 Å². The number of rotatable bonds is 8. The topological polar surface area (TPSA) is 237 Å². The summed E-state index contributed by atoms with van der Waals surface area (Å²) in [6.45, 7) is -0.401. The van der Waals surface area contributed by atoms with Gasteiger partial charge in [-0.1, -0.05) is 18.2 Å². The number of nitrogens with two attached hydrogens (primary N) is 6. The highest BCUT2D eigenvalue weighted by Crippen LogP contribution is 2.22. The molecule has 0 aromatic heterocycles. The maximum atomic E-state index is 12.1. The van der Waals surface area contributed by atoms with Crippen LogP contribution in [0.1, 0.15) is 6.42 Å². The van der Waals surface area contributed by atoms with Gasteiger partial charge >= 0.3 is 0 Å². The van der Waals surface area contributed by atoms with Crippen molar-refractivity contribution in [3.05, 3.63) is 30.3 Å². The lowest BCUT2D eigenvalue weighted by atomic mass is 10.2. The monoisotopic (exact) mass is 371 g/mol. The van der Waals surface area contributed by atoms with Crippen LogP contribution in [0.15, 0.2) is 50.2 Å². The molecule has 25 heavy (non-hydrogen) atoms. The highest BCUT2D eigenvalue weighted by Gasteiger charge is 2.30. The average molecular weight is 371 g/mol. The lowest BCUT2D eigenvalue weighted by Gasteiger charge is -2.21. The molecule has 0 aliphatic heterocycles. The SMILES string of the molecule is NC(N)=NC(CCOS(=O)(=O)c1ccccc1)(N=C(N)N)N=C(N)N. The molecule has 0 spiro atoms. The van der Waals surface area contributed by atoms with Crippen molar-refractivity contribution in [2.24, 2.45) is 49.4 Å². The Balaban J connectivity index is 3.05. The summed E-state index contributed by atoms with van der Waals surface area (Å²) in [5, 5.41) is 0. The minimum absolute atomic E-state index is 0.0221. The number of aliphatic imine (C=N–C) groups is 3. The van der Waals surface area contributed by atoms with E-state index in [2.05, 4.69) is 15.0 Å². The van der Waals surface area contributed by atoms with E-state index in [-0.39, 0.29) is 11.3 Å². The molecule has 138 valence electrons. The quantitative estimate of drug-likeness (QED) is 0.157. The largest absolute Gasteiger partial charge is 0.370 e. The molecule has 0 radical (unpaired) electrons. The normalized spacial score (nSPS) is 11.4. The number of guanidine groups is 3. The van der Waals surface area contributed by atoms with Crippen LogP contribution in [-0.2, 0) is 14.3 Å². The van der Waals surface area contributed by atoms with Crippen LogP contribution < -0.4 is 34.4 Å². The zero-order chi connectivity index (χ0) is 19.1. The second-order valence-electron chi connectivity index (χ2n) is 4.72. The summed E-state index contributed by atoms with van der Waals surface area (Å²) in [5.41, 5.74) is 32.1. The summed E-state index contributed by atoms with van der Waals surface area (Å²) < 4.78 is 29.1. The molecule has 1 rings (SSSR count). The van der Waals surface area contributed by atoms with Gasteiger partial charge < -0.3 is 34.4 Å². The Bertz CT molecular complexity index is 717. The molecule has 0 bridgehead atoms. The molecule has 0 fully saturated rings. The number of benzene rings is 1. The first-order valence-corrected chi connectivity index (χ1v) is 8.24. The van der Waals surface area contributed by atoms with Crippen LogP contribution in [0.4, 0.5) is 0 Å². The Labute approximate surface area is 144 Å². The molecule has 0 amide bonds. The summed E-state index contributed by atoms with van der Waals surface area (Å²) in [4.78, 5) is 11.3. The van der Waals surface area contributed by atoms with Crippen LogP contribution in [0.3, 0.4) is 0 Å². The van der Waals surface area contributed by atoms with E-state index in [0.29, 0.717) is 0 Å². The molecule has 0 heterocycles. The third kappa shape index (κ3) is 6.52. The molecule has 0 saturated heterocycles. The van der Waals surface area contributed by atoms with E-state index < -0.39 is 40.4 Å². The van der Waals surface area contributed by atoms with E-state index in [1.54, 1.807) is 18.2 Å². The zero-order valence-corrected chi connectivity index (χ0v) is 14.1. The third-order valence-corrected chi connectivity index (χ3v) is 3.96. The molecule has 0 aliphatic rings. The highest BCUT2D eigenvalue weighted by molar-refractivity contribution is 7.86. The first-order valence-electron chi connectivity index (χ1n) is 6.83. The molecular formula is C12H21N9O3S. The lowest BCUT2D eigenvalue weighted by molar-refractivity contribution is 0.269. The molecule has 0 unspecified atom stereocenters. The van der Waals surface area contributed by atoms with Crippen LogP contribution in [0.25, 0.3) is 0 Å². The van der Waals surface area contributed by atoms with E-state index in [9.17, 15) is 8.42 Å². The van der Waals surface area contributed by atoms with Crippen LogP contribution in [0, 0.1) is 0 Å². The fourth-order valence-corrected chi connectivity index (χ4v) is 2.74. The van der Waals surface area contributed by atoms with E-state index in [1.807, 2.05) is 0 Å². The second kappa shape index (κ2) is 8.16.